The third-order valence-electron chi connectivity index (χ3n) is 5.00. The Labute approximate surface area is 134 Å². The number of aromatic nitrogens is 1. The Kier molecular flexibility index (Phi) is 4.42. The number of anilines is 1. The first-order valence-corrected chi connectivity index (χ1v) is 8.60. The summed E-state index contributed by atoms with van der Waals surface area (Å²) in [4.78, 5) is 9.20. The molecule has 4 heteroatoms. The van der Waals surface area contributed by atoms with Crippen LogP contribution in [0.15, 0.2) is 18.3 Å². The lowest BCUT2D eigenvalue weighted by atomic mass is 9.92. The van der Waals surface area contributed by atoms with Crippen molar-refractivity contribution in [3.63, 3.8) is 0 Å². The molecular weight excluding hydrogens is 274 g/mol. The second-order valence-electron chi connectivity index (χ2n) is 7.49. The van der Waals surface area contributed by atoms with Crippen molar-refractivity contribution in [2.75, 3.05) is 31.6 Å². The monoisotopic (exact) mass is 303 g/mol. The number of nitrogens with zero attached hydrogens (tertiary/aromatic N) is 3. The van der Waals surface area contributed by atoms with Gasteiger partial charge in [-0.1, -0.05) is 13.8 Å². The van der Waals surface area contributed by atoms with Crippen LogP contribution in [0.25, 0.3) is 0 Å². The molecule has 0 unspecified atom stereocenters. The van der Waals surface area contributed by atoms with Crippen LogP contribution in [0.1, 0.15) is 51.1 Å². The molecule has 2 fully saturated rings. The summed E-state index contributed by atoms with van der Waals surface area (Å²) in [5, 5.41) is 11.0. The van der Waals surface area contributed by atoms with E-state index in [1.165, 1.54) is 12.8 Å². The van der Waals surface area contributed by atoms with Crippen LogP contribution in [-0.4, -0.2) is 53.3 Å². The summed E-state index contributed by atoms with van der Waals surface area (Å²) in [6, 6.07) is 4.97. The van der Waals surface area contributed by atoms with Gasteiger partial charge in [0.2, 0.25) is 0 Å². The van der Waals surface area contributed by atoms with E-state index >= 15 is 0 Å². The van der Waals surface area contributed by atoms with Crippen molar-refractivity contribution in [2.45, 2.75) is 57.1 Å². The van der Waals surface area contributed by atoms with E-state index in [9.17, 15) is 5.11 Å². The van der Waals surface area contributed by atoms with Gasteiger partial charge in [0.1, 0.15) is 0 Å². The number of hydrogen-bond donors (Lipinski definition) is 1. The Morgan fingerprint density at radius 1 is 1.41 bits per heavy atom. The molecule has 2 aliphatic rings. The van der Waals surface area contributed by atoms with Crippen LogP contribution in [0.2, 0.25) is 0 Å². The number of piperidine rings is 1. The molecule has 0 aromatic carbocycles. The zero-order chi connectivity index (χ0) is 15.7. The van der Waals surface area contributed by atoms with Crippen LogP contribution >= 0.6 is 0 Å². The van der Waals surface area contributed by atoms with Crippen LogP contribution < -0.4 is 4.90 Å². The largest absolute Gasteiger partial charge is 0.387 e. The van der Waals surface area contributed by atoms with E-state index in [-0.39, 0.29) is 0 Å². The summed E-state index contributed by atoms with van der Waals surface area (Å²) >= 11 is 0. The molecule has 122 valence electrons. The molecule has 1 saturated carbocycles. The molecular formula is C18H29N3O. The Morgan fingerprint density at radius 3 is 2.77 bits per heavy atom. The molecule has 2 heterocycles. The van der Waals surface area contributed by atoms with E-state index in [4.69, 9.17) is 0 Å². The fourth-order valence-electron chi connectivity index (χ4n) is 3.50. The van der Waals surface area contributed by atoms with Gasteiger partial charge in [0, 0.05) is 31.4 Å². The van der Waals surface area contributed by atoms with Gasteiger partial charge in [-0.2, -0.15) is 0 Å². The van der Waals surface area contributed by atoms with Gasteiger partial charge in [-0.3, -0.25) is 4.98 Å². The molecule has 1 saturated heterocycles. The molecule has 1 atom stereocenters. The third-order valence-corrected chi connectivity index (χ3v) is 5.00. The van der Waals surface area contributed by atoms with E-state index in [0.717, 1.165) is 37.3 Å². The zero-order valence-electron chi connectivity index (χ0n) is 14.1. The van der Waals surface area contributed by atoms with Gasteiger partial charge < -0.3 is 14.9 Å². The van der Waals surface area contributed by atoms with Crippen LogP contribution in [0.3, 0.4) is 0 Å². The predicted molar refractivity (Wildman–Crippen MR) is 90.4 cm³/mol. The number of hydrogen-bond acceptors (Lipinski definition) is 4. The molecule has 1 aliphatic heterocycles. The molecule has 22 heavy (non-hydrogen) atoms. The smallest absolute Gasteiger partial charge is 0.0948 e. The van der Waals surface area contributed by atoms with Crippen LogP contribution in [0.5, 0.6) is 0 Å². The van der Waals surface area contributed by atoms with E-state index in [1.807, 2.05) is 6.20 Å². The Morgan fingerprint density at radius 2 is 2.18 bits per heavy atom. The number of likely N-dealkylation sites (N-methyl/N-ethyl adjacent to an activating group) is 1. The van der Waals surface area contributed by atoms with Gasteiger partial charge in [-0.05, 0) is 50.8 Å². The molecule has 1 aromatic rings. The predicted octanol–water partition coefficient (Wildman–Crippen LogP) is 2.63. The molecule has 1 aliphatic carbocycles. The standard InChI is InChI=1S/C18H29N3O/c1-14(2)17-8-7-16(11-19-17)21-10-4-9-18(22,13-21)12-20(3)15-5-6-15/h7-8,11,14-15,22H,4-6,9-10,12-13H2,1-3H3/t18-/m0/s1. The Balaban J connectivity index is 1.66. The van der Waals surface area contributed by atoms with Crippen molar-refractivity contribution in [2.24, 2.45) is 0 Å². The average Bonchev–Trinajstić information content (AvgIpc) is 3.31. The van der Waals surface area contributed by atoms with Crippen LogP contribution in [0.4, 0.5) is 5.69 Å². The summed E-state index contributed by atoms with van der Waals surface area (Å²) in [7, 11) is 2.15. The SMILES string of the molecule is CC(C)c1ccc(N2CCC[C@](O)(CN(C)C3CC3)C2)cn1. The fourth-order valence-corrected chi connectivity index (χ4v) is 3.50. The molecule has 1 aromatic heterocycles. The minimum Gasteiger partial charge on any atom is -0.387 e. The summed E-state index contributed by atoms with van der Waals surface area (Å²) in [5.41, 5.74) is 1.67. The van der Waals surface area contributed by atoms with Crippen molar-refractivity contribution >= 4 is 5.69 Å². The van der Waals surface area contributed by atoms with Gasteiger partial charge in [0.05, 0.1) is 17.5 Å². The normalized spacial score (nSPS) is 26.0. The summed E-state index contributed by atoms with van der Waals surface area (Å²) in [5.74, 6) is 0.458. The highest BCUT2D eigenvalue weighted by molar-refractivity contribution is 5.46. The highest BCUT2D eigenvalue weighted by Crippen LogP contribution is 2.31. The van der Waals surface area contributed by atoms with Gasteiger partial charge in [-0.15, -0.1) is 0 Å². The van der Waals surface area contributed by atoms with Gasteiger partial charge in [0.15, 0.2) is 0 Å². The first-order chi connectivity index (χ1) is 10.5. The maximum atomic E-state index is 11.0. The van der Waals surface area contributed by atoms with Gasteiger partial charge >= 0.3 is 0 Å². The van der Waals surface area contributed by atoms with Crippen molar-refractivity contribution in [3.8, 4) is 0 Å². The lowest BCUT2D eigenvalue weighted by Gasteiger charge is -2.42. The topological polar surface area (TPSA) is 39.6 Å². The minimum absolute atomic E-state index is 0.458. The molecule has 0 bridgehead atoms. The first-order valence-electron chi connectivity index (χ1n) is 8.60. The first kappa shape index (κ1) is 15.8. The van der Waals surface area contributed by atoms with Crippen molar-refractivity contribution in [1.82, 2.24) is 9.88 Å². The van der Waals surface area contributed by atoms with Crippen molar-refractivity contribution in [3.05, 3.63) is 24.0 Å². The summed E-state index contributed by atoms with van der Waals surface area (Å²) in [6.07, 6.45) is 6.48. The van der Waals surface area contributed by atoms with Crippen LogP contribution in [0, 0.1) is 0 Å². The average molecular weight is 303 g/mol. The summed E-state index contributed by atoms with van der Waals surface area (Å²) in [6.45, 7) is 6.83. The molecule has 1 N–H and O–H groups in total. The van der Waals surface area contributed by atoms with Crippen molar-refractivity contribution in [1.29, 1.82) is 0 Å². The lowest BCUT2D eigenvalue weighted by molar-refractivity contribution is -0.00343. The second kappa shape index (κ2) is 6.17. The van der Waals surface area contributed by atoms with E-state index < -0.39 is 5.60 Å². The van der Waals surface area contributed by atoms with Gasteiger partial charge in [0.25, 0.3) is 0 Å². The lowest BCUT2D eigenvalue weighted by Crippen LogP contribution is -2.54. The molecule has 0 amide bonds. The van der Waals surface area contributed by atoms with Crippen LogP contribution in [-0.2, 0) is 0 Å². The third kappa shape index (κ3) is 3.61. The van der Waals surface area contributed by atoms with E-state index in [1.54, 1.807) is 0 Å². The highest BCUT2D eigenvalue weighted by atomic mass is 16.3. The zero-order valence-corrected chi connectivity index (χ0v) is 14.1. The van der Waals surface area contributed by atoms with Crippen molar-refractivity contribution < 1.29 is 5.11 Å². The maximum absolute atomic E-state index is 11.0. The Bertz CT molecular complexity index is 498. The number of aliphatic hydroxyl groups is 1. The minimum atomic E-state index is -0.591. The van der Waals surface area contributed by atoms with E-state index in [2.05, 4.69) is 47.8 Å². The van der Waals surface area contributed by atoms with E-state index in [0.29, 0.717) is 18.5 Å². The number of pyridine rings is 1. The molecule has 4 nitrogen and oxygen atoms in total. The Hall–Kier alpha value is -1.13. The molecule has 0 spiro atoms. The highest BCUT2D eigenvalue weighted by Gasteiger charge is 2.37. The maximum Gasteiger partial charge on any atom is 0.0948 e. The second-order valence-corrected chi connectivity index (χ2v) is 7.49. The quantitative estimate of drug-likeness (QED) is 0.908. The number of β-amino-alcohol motifs (C(OH)–C–C–N with tert-alkyl or cyclic N) is 1. The molecule has 0 radical (unpaired) electrons. The number of rotatable bonds is 5. The molecule has 3 rings (SSSR count). The fraction of sp³-hybridized carbons (Fsp3) is 0.722. The van der Waals surface area contributed by atoms with Gasteiger partial charge in [-0.25, -0.2) is 0 Å². The summed E-state index contributed by atoms with van der Waals surface area (Å²) < 4.78 is 0.